The van der Waals surface area contributed by atoms with Crippen LogP contribution in [0.4, 0.5) is 4.39 Å². The van der Waals surface area contributed by atoms with E-state index in [1.807, 2.05) is 28.0 Å². The van der Waals surface area contributed by atoms with E-state index in [4.69, 9.17) is 35.6 Å². The number of rotatable bonds is 24. The minimum Gasteiger partial charge on any atom is -0.493 e. The predicted molar refractivity (Wildman–Crippen MR) is 291 cm³/mol. The number of H-pyrrole nitrogens is 1. The molecule has 80 heavy (non-hydrogen) atoms. The first kappa shape index (κ1) is 56.3. The number of aromatic amines is 1. The zero-order chi connectivity index (χ0) is 55.7. The van der Waals surface area contributed by atoms with Crippen molar-refractivity contribution in [2.75, 3.05) is 98.7 Å². The van der Waals surface area contributed by atoms with E-state index in [9.17, 15) is 38.3 Å². The molecule has 0 spiro atoms. The molecule has 22 heteroatoms. The van der Waals surface area contributed by atoms with E-state index in [0.717, 1.165) is 72.4 Å². The molecule has 2 unspecified atom stereocenters. The fourth-order valence-corrected chi connectivity index (χ4v) is 11.1. The first-order valence-electron chi connectivity index (χ1n) is 27.4. The summed E-state index contributed by atoms with van der Waals surface area (Å²) in [6.45, 7) is 7.79. The van der Waals surface area contributed by atoms with Gasteiger partial charge in [-0.15, -0.1) is 0 Å². The number of benzene rings is 3. The van der Waals surface area contributed by atoms with Crippen LogP contribution in [-0.4, -0.2) is 191 Å². The van der Waals surface area contributed by atoms with Crippen LogP contribution in [0.3, 0.4) is 0 Å². The first-order valence-corrected chi connectivity index (χ1v) is 27.8. The summed E-state index contributed by atoms with van der Waals surface area (Å²) < 4.78 is 37.7. The highest BCUT2D eigenvalue weighted by molar-refractivity contribution is 6.31. The van der Waals surface area contributed by atoms with Crippen molar-refractivity contribution < 1.29 is 57.2 Å². The summed E-state index contributed by atoms with van der Waals surface area (Å²) in [7, 11) is 0. The van der Waals surface area contributed by atoms with E-state index in [1.54, 1.807) is 30.3 Å². The molecule has 2 aromatic heterocycles. The second-order valence-electron chi connectivity index (χ2n) is 20.7. The van der Waals surface area contributed by atoms with Gasteiger partial charge in [-0.05, 0) is 104 Å². The van der Waals surface area contributed by atoms with Crippen LogP contribution in [-0.2, 0) is 67.0 Å². The molecule has 3 N–H and O–H groups in total. The highest BCUT2D eigenvalue weighted by Crippen LogP contribution is 2.35. The number of amides is 5. The van der Waals surface area contributed by atoms with Gasteiger partial charge in [0.05, 0.1) is 67.9 Å². The summed E-state index contributed by atoms with van der Waals surface area (Å²) in [5.74, 6) is -2.30. The van der Waals surface area contributed by atoms with Crippen molar-refractivity contribution in [3.63, 3.8) is 0 Å². The van der Waals surface area contributed by atoms with Crippen LogP contribution < -0.4 is 5.32 Å². The number of imide groups is 2. The maximum atomic E-state index is 13.6. The largest absolute Gasteiger partial charge is 0.493 e. The number of halogens is 2. The van der Waals surface area contributed by atoms with E-state index in [-0.39, 0.29) is 54.0 Å². The molecule has 5 amide bonds. The van der Waals surface area contributed by atoms with Crippen molar-refractivity contribution in [3.8, 4) is 23.1 Å². The van der Waals surface area contributed by atoms with Gasteiger partial charge in [-0.2, -0.15) is 9.78 Å². The normalized spacial score (nSPS) is 19.5. The number of hydrogen-bond donors (Lipinski definition) is 3. The molecule has 0 radical (unpaired) electrons. The molecule has 3 aromatic carbocycles. The van der Waals surface area contributed by atoms with Gasteiger partial charge in [0.15, 0.2) is 5.78 Å². The highest BCUT2D eigenvalue weighted by Gasteiger charge is 2.49. The molecule has 6 heterocycles. The average Bonchev–Trinajstić information content (AvgIpc) is 4.10. The Morgan fingerprint density at radius 3 is 2.12 bits per heavy atom. The Bertz CT molecular complexity index is 3150. The van der Waals surface area contributed by atoms with E-state index in [1.165, 1.54) is 22.9 Å². The standard InChI is InChI=1S/C58H65ClFN9O11/c59-41-10-14-46-47(32-41)62-58(61-46)69-57(76)43(13-7-38-5-11-42(60)12-6-38)53(64-69)40-8-3-37(4-9-40)2-1-25-77-26-27-78-28-29-79-30-31-80-36-52(72)67-19-17-39(18-20-67)35-65-21-23-66(24-22-65)49-33-44-45(34-50(49)70)56(75)68(55(44)74)48-15-16-51(71)63-54(48)73/h3-6,8-12,14,32-34,39,48-49,76H,1-2,7,13,15-31,35-36H2,(H,61,62)(H,63,71,73). The summed E-state index contributed by atoms with van der Waals surface area (Å²) in [5.41, 5.74) is 5.73. The second-order valence-corrected chi connectivity index (χ2v) is 21.1. The molecule has 0 bridgehead atoms. The number of nitrogens with zero attached hydrogens (tertiary/aromatic N) is 7. The number of ether oxygens (including phenoxy) is 4. The fraction of sp³-hybridized carbons (Fsp3) is 0.448. The van der Waals surface area contributed by atoms with Crippen molar-refractivity contribution in [2.24, 2.45) is 5.92 Å². The SMILES string of the molecule is O=C1CCC(N2C(=O)C3=CC(=O)C(N4CCN(CC5CCN(C(=O)COCCOCCOCCOCCCc6ccc(-c7nn(-c8nc9cc(Cl)ccc9[nH]8)c(O)c7CCc7ccc(F)cc7)cc6)CC5)CC4)C=C3C2=O)C(=O)N1. The lowest BCUT2D eigenvalue weighted by Crippen LogP contribution is -2.54. The number of ketones is 1. The van der Waals surface area contributed by atoms with Crippen LogP contribution in [0.2, 0.25) is 5.02 Å². The third-order valence-electron chi connectivity index (χ3n) is 15.4. The molecule has 5 aromatic rings. The average molecular weight is 1120 g/mol. The number of aromatic hydroxyl groups is 1. The summed E-state index contributed by atoms with van der Waals surface area (Å²) in [4.78, 5) is 91.7. The number of likely N-dealkylation sites (tertiary alicyclic amines) is 2. The van der Waals surface area contributed by atoms with Gasteiger partial charge in [-0.3, -0.25) is 43.9 Å². The Labute approximate surface area is 466 Å². The molecule has 422 valence electrons. The van der Waals surface area contributed by atoms with Crippen molar-refractivity contribution in [1.82, 2.24) is 44.7 Å². The molecule has 5 aliphatic rings. The summed E-state index contributed by atoms with van der Waals surface area (Å²) in [6, 6.07) is 18.0. The lowest BCUT2D eigenvalue weighted by Gasteiger charge is -2.40. The van der Waals surface area contributed by atoms with Crippen LogP contribution in [0.15, 0.2) is 90.0 Å². The van der Waals surface area contributed by atoms with Crippen LogP contribution in [0.1, 0.15) is 48.8 Å². The van der Waals surface area contributed by atoms with E-state index in [0.29, 0.717) is 119 Å². The van der Waals surface area contributed by atoms with Crippen molar-refractivity contribution in [3.05, 3.63) is 118 Å². The van der Waals surface area contributed by atoms with Crippen LogP contribution in [0, 0.1) is 11.7 Å². The van der Waals surface area contributed by atoms with Gasteiger partial charge < -0.3 is 38.8 Å². The third kappa shape index (κ3) is 13.4. The zero-order valence-electron chi connectivity index (χ0n) is 44.4. The van der Waals surface area contributed by atoms with Crippen LogP contribution in [0.5, 0.6) is 5.88 Å². The number of carbonyl (C=O) groups is 6. The number of imidazole rings is 1. The Morgan fingerprint density at radius 1 is 0.750 bits per heavy atom. The molecule has 4 aliphatic heterocycles. The molecule has 2 atom stereocenters. The smallest absolute Gasteiger partial charge is 0.262 e. The van der Waals surface area contributed by atoms with Gasteiger partial charge in [0, 0.05) is 75.0 Å². The minimum absolute atomic E-state index is 0.00131. The topological polar surface area (TPSA) is 231 Å². The zero-order valence-corrected chi connectivity index (χ0v) is 45.2. The number of carbonyl (C=O) groups excluding carboxylic acids is 6. The molecule has 0 saturated carbocycles. The molecular formula is C58H65ClFN9O11. The second kappa shape index (κ2) is 26.1. The summed E-state index contributed by atoms with van der Waals surface area (Å²) in [6.07, 6.45) is 7.29. The molecule has 4 saturated heterocycles. The van der Waals surface area contributed by atoms with Gasteiger partial charge in [-0.1, -0.05) is 48.0 Å². The van der Waals surface area contributed by atoms with E-state index < -0.39 is 35.7 Å². The lowest BCUT2D eigenvalue weighted by molar-refractivity contribution is -0.149. The molecule has 1 aliphatic carbocycles. The Morgan fingerprint density at radius 2 is 1.41 bits per heavy atom. The Kier molecular flexibility index (Phi) is 18.4. The minimum atomic E-state index is -1.09. The summed E-state index contributed by atoms with van der Waals surface area (Å²) >= 11 is 6.20. The van der Waals surface area contributed by atoms with Gasteiger partial charge in [0.2, 0.25) is 29.5 Å². The van der Waals surface area contributed by atoms with Crippen molar-refractivity contribution in [2.45, 2.75) is 63.5 Å². The third-order valence-corrected chi connectivity index (χ3v) is 15.6. The number of hydrogen-bond acceptors (Lipinski definition) is 15. The molecule has 10 rings (SSSR count). The Hall–Kier alpha value is -6.98. The number of nitrogens with one attached hydrogen (secondary N) is 2. The van der Waals surface area contributed by atoms with Crippen molar-refractivity contribution >= 4 is 58.0 Å². The fourth-order valence-electron chi connectivity index (χ4n) is 11.0. The maximum Gasteiger partial charge on any atom is 0.262 e. The molecule has 4 fully saturated rings. The van der Waals surface area contributed by atoms with Crippen molar-refractivity contribution in [1.29, 1.82) is 0 Å². The maximum absolute atomic E-state index is 13.6. The van der Waals surface area contributed by atoms with Gasteiger partial charge in [-0.25, -0.2) is 9.37 Å². The molecule has 20 nitrogen and oxygen atoms in total. The quantitative estimate of drug-likeness (QED) is 0.0570. The van der Waals surface area contributed by atoms with E-state index in [2.05, 4.69) is 32.3 Å². The number of piperazine rings is 1. The predicted octanol–water partition coefficient (Wildman–Crippen LogP) is 4.53. The van der Waals surface area contributed by atoms with Crippen LogP contribution >= 0.6 is 11.6 Å². The van der Waals surface area contributed by atoms with Crippen LogP contribution in [0.25, 0.3) is 28.2 Å². The Balaban J connectivity index is 0.555. The number of aromatic nitrogens is 4. The summed E-state index contributed by atoms with van der Waals surface area (Å²) in [5, 5.41) is 19.1. The lowest BCUT2D eigenvalue weighted by atomic mass is 9.93. The first-order chi connectivity index (χ1) is 38.9. The van der Waals surface area contributed by atoms with E-state index >= 15 is 0 Å². The van der Waals surface area contributed by atoms with Gasteiger partial charge >= 0.3 is 0 Å². The number of fused-ring (bicyclic) bond motifs is 2. The van der Waals surface area contributed by atoms with Gasteiger partial charge in [0.1, 0.15) is 24.2 Å². The monoisotopic (exact) mass is 1120 g/mol. The highest BCUT2D eigenvalue weighted by atomic mass is 35.5. The number of piperidine rings is 2. The van der Waals surface area contributed by atoms with Gasteiger partial charge in [0.25, 0.3) is 11.8 Å². The number of aryl methyl sites for hydroxylation is 2. The molecular weight excluding hydrogens is 1050 g/mol.